The summed E-state index contributed by atoms with van der Waals surface area (Å²) in [6.45, 7) is 0. The molecular weight excluding hydrogens is 220 g/mol. The summed E-state index contributed by atoms with van der Waals surface area (Å²) in [6, 6.07) is 4.38. The van der Waals surface area contributed by atoms with Crippen molar-refractivity contribution in [3.05, 3.63) is 16.2 Å². The second-order valence-electron chi connectivity index (χ2n) is 1.14. The Hall–Kier alpha value is 0.620. The van der Waals surface area contributed by atoms with Crippen LogP contribution in [0.1, 0.15) is 0 Å². The molecule has 0 saturated carbocycles. The summed E-state index contributed by atoms with van der Waals surface area (Å²) in [6.07, 6.45) is 2.14. The van der Waals surface area contributed by atoms with Crippen LogP contribution in [0, 0.1) is 0 Å². The van der Waals surface area contributed by atoms with E-state index in [1.165, 1.54) is 0 Å². The number of hydrogen-bond acceptors (Lipinski definition) is 1. The van der Waals surface area contributed by atoms with Crippen molar-refractivity contribution in [1.82, 2.24) is 0 Å². The fraction of sp³-hybridized carbons (Fsp3) is 0.200. The Morgan fingerprint density at radius 2 is 2.57 bits per heavy atom. The molecule has 2 heteroatoms. The topological polar surface area (TPSA) is 0 Å². The van der Waals surface area contributed by atoms with E-state index in [-0.39, 0.29) is 20.4 Å². The third-order valence-corrected chi connectivity index (χ3v) is 5.20. The van der Waals surface area contributed by atoms with E-state index >= 15 is 0 Å². The van der Waals surface area contributed by atoms with Gasteiger partial charge in [0.1, 0.15) is 0 Å². The monoisotopic (exact) mass is 228 g/mol. The molecule has 1 rings (SSSR count). The maximum absolute atomic E-state index is 2.30. The Morgan fingerprint density at radius 3 is 2.86 bits per heavy atom. The molecule has 0 aliphatic carbocycles. The average Bonchev–Trinajstić information content (AvgIpc) is 2.14. The third kappa shape index (κ3) is 1.53. The summed E-state index contributed by atoms with van der Waals surface area (Å²) in [5.41, 5.74) is 0. The van der Waals surface area contributed by atoms with Gasteiger partial charge in [-0.15, -0.1) is 0 Å². The predicted octanol–water partition coefficient (Wildman–Crippen LogP) is 1.47. The molecule has 0 spiro atoms. The van der Waals surface area contributed by atoms with E-state index < -0.39 is 0 Å². The predicted molar refractivity (Wildman–Crippen MR) is 35.2 cm³/mol. The molecule has 0 aliphatic heterocycles. The van der Waals surface area contributed by atoms with Crippen molar-refractivity contribution >= 4 is 32.2 Å². The Bertz CT molecular complexity index is 123. The van der Waals surface area contributed by atoms with Gasteiger partial charge in [0, 0.05) is 0 Å². The molecule has 7 heavy (non-hydrogen) atoms. The van der Waals surface area contributed by atoms with Gasteiger partial charge in [0.15, 0.2) is 0 Å². The Labute approximate surface area is 57.5 Å². The molecule has 0 aromatic carbocycles. The van der Waals surface area contributed by atoms with Crippen molar-refractivity contribution in [3.8, 4) is 0 Å². The van der Waals surface area contributed by atoms with E-state index in [0.717, 1.165) is 0 Å². The normalized spacial score (nSPS) is 9.29. The first kappa shape index (κ1) is 5.75. The van der Waals surface area contributed by atoms with E-state index in [1.54, 1.807) is 2.91 Å². The second-order valence-corrected chi connectivity index (χ2v) is 5.50. The van der Waals surface area contributed by atoms with Crippen LogP contribution >= 0.6 is 11.8 Å². The van der Waals surface area contributed by atoms with Crippen LogP contribution in [-0.2, 0) is 0 Å². The van der Waals surface area contributed by atoms with Crippen LogP contribution in [0.5, 0.6) is 0 Å². The molecule has 38 valence electrons. The van der Waals surface area contributed by atoms with Crippen molar-refractivity contribution in [2.24, 2.45) is 0 Å². The summed E-state index contributed by atoms with van der Waals surface area (Å²) >= 11 is 2.06. The first-order valence-corrected chi connectivity index (χ1v) is 5.74. The third-order valence-electron chi connectivity index (χ3n) is 0.696. The van der Waals surface area contributed by atoms with E-state index in [4.69, 9.17) is 0 Å². The van der Waals surface area contributed by atoms with Crippen molar-refractivity contribution in [2.75, 3.05) is 6.26 Å². The van der Waals surface area contributed by atoms with Crippen LogP contribution in [-0.4, -0.2) is 26.7 Å². The van der Waals surface area contributed by atoms with Gasteiger partial charge in [0.2, 0.25) is 0 Å². The van der Waals surface area contributed by atoms with Gasteiger partial charge in [0.25, 0.3) is 0 Å². The zero-order chi connectivity index (χ0) is 5.11. The van der Waals surface area contributed by atoms with E-state index in [0.29, 0.717) is 0 Å². The molecule has 0 bridgehead atoms. The van der Waals surface area contributed by atoms with Crippen LogP contribution in [0.4, 0.5) is 0 Å². The Morgan fingerprint density at radius 1 is 1.71 bits per heavy atom. The molecule has 1 aromatic rings. The van der Waals surface area contributed by atoms with Crippen LogP contribution in [0.2, 0.25) is 0 Å². The average molecular weight is 226 g/mol. The van der Waals surface area contributed by atoms with Gasteiger partial charge >= 0.3 is 57.6 Å². The van der Waals surface area contributed by atoms with Crippen molar-refractivity contribution in [1.29, 1.82) is 0 Å². The van der Waals surface area contributed by atoms with E-state index in [2.05, 4.69) is 22.5 Å². The molecule has 0 unspecified atom stereocenters. The summed E-state index contributed by atoms with van der Waals surface area (Å²) in [5.74, 6) is 0. The standard InChI is InChI=1S/C5H6STe/c1-6-5-3-2-4-7-5/h2-4H,1H3. The minimum atomic E-state index is 0.168. The summed E-state index contributed by atoms with van der Waals surface area (Å²) in [4.78, 5) is 0. The molecule has 0 saturated heterocycles. The molecule has 0 aliphatic rings. The first-order chi connectivity index (χ1) is 3.43. The van der Waals surface area contributed by atoms with Gasteiger partial charge < -0.3 is 0 Å². The Kier molecular flexibility index (Phi) is 2.31. The van der Waals surface area contributed by atoms with Crippen LogP contribution in [0.3, 0.4) is 0 Å². The SMILES string of the molecule is CSc1ccc[te]1. The second kappa shape index (κ2) is 2.81. The van der Waals surface area contributed by atoms with Crippen LogP contribution in [0.25, 0.3) is 0 Å². The molecule has 0 amide bonds. The zero-order valence-electron chi connectivity index (χ0n) is 4.05. The van der Waals surface area contributed by atoms with Gasteiger partial charge in [-0.25, -0.2) is 0 Å². The molecule has 0 N–H and O–H groups in total. The molecule has 0 radical (unpaired) electrons. The first-order valence-electron chi connectivity index (χ1n) is 2.01. The molecule has 0 fully saturated rings. The van der Waals surface area contributed by atoms with Crippen molar-refractivity contribution in [2.45, 2.75) is 2.91 Å². The quantitative estimate of drug-likeness (QED) is 0.515. The zero-order valence-corrected chi connectivity index (χ0v) is 7.20. The summed E-state index contributed by atoms with van der Waals surface area (Å²) in [7, 11) is 0. The molecule has 1 aromatic heterocycles. The van der Waals surface area contributed by atoms with Crippen LogP contribution in [0.15, 0.2) is 19.1 Å². The Balaban J connectivity index is 2.76. The number of hydrogen-bond donors (Lipinski definition) is 0. The molecule has 0 atom stereocenters. The number of rotatable bonds is 1. The molecular formula is C5H6STe. The molecule has 1 heterocycles. The molecule has 0 nitrogen and oxygen atoms in total. The number of thioether (sulfide) groups is 1. The van der Waals surface area contributed by atoms with Gasteiger partial charge in [-0.05, 0) is 0 Å². The van der Waals surface area contributed by atoms with Gasteiger partial charge in [-0.3, -0.25) is 0 Å². The minimum absolute atomic E-state index is 0.168. The van der Waals surface area contributed by atoms with Crippen molar-refractivity contribution in [3.63, 3.8) is 0 Å². The van der Waals surface area contributed by atoms with Gasteiger partial charge in [-0.2, -0.15) is 0 Å². The summed E-state index contributed by atoms with van der Waals surface area (Å²) < 4.78 is 3.90. The van der Waals surface area contributed by atoms with Crippen LogP contribution < -0.4 is 0 Å². The fourth-order valence-corrected chi connectivity index (χ4v) is 3.17. The van der Waals surface area contributed by atoms with E-state index in [1.807, 2.05) is 11.8 Å². The van der Waals surface area contributed by atoms with E-state index in [9.17, 15) is 0 Å². The van der Waals surface area contributed by atoms with Gasteiger partial charge in [-0.1, -0.05) is 0 Å². The summed E-state index contributed by atoms with van der Waals surface area (Å²) in [5, 5.41) is 0. The van der Waals surface area contributed by atoms with Crippen molar-refractivity contribution < 1.29 is 0 Å². The fourth-order valence-electron chi connectivity index (χ4n) is 0.380. The van der Waals surface area contributed by atoms with Gasteiger partial charge in [0.05, 0.1) is 0 Å². The maximum atomic E-state index is 2.30.